The van der Waals surface area contributed by atoms with E-state index in [9.17, 15) is 9.18 Å². The van der Waals surface area contributed by atoms with Gasteiger partial charge in [-0.2, -0.15) is 0 Å². The van der Waals surface area contributed by atoms with Crippen LogP contribution in [0.5, 0.6) is 5.75 Å². The van der Waals surface area contributed by atoms with Crippen LogP contribution in [0.1, 0.15) is 17.1 Å². The van der Waals surface area contributed by atoms with E-state index in [2.05, 4.69) is 15.3 Å². The molecule has 134 valence electrons. The lowest BCUT2D eigenvalue weighted by molar-refractivity contribution is -0.123. The fourth-order valence-corrected chi connectivity index (χ4v) is 3.49. The summed E-state index contributed by atoms with van der Waals surface area (Å²) in [7, 11) is 0. The molecule has 0 spiro atoms. The molecule has 8 heteroatoms. The Morgan fingerprint density at radius 3 is 3.16 bits per heavy atom. The number of carbonyl (C=O) groups is 1. The van der Waals surface area contributed by atoms with Gasteiger partial charge in [0.2, 0.25) is 0 Å². The van der Waals surface area contributed by atoms with Gasteiger partial charge < -0.3 is 10.1 Å². The molecular formula is C17H21FN4O2S. The standard InChI is InChI=1S/C17H21FN4O2S/c1-12-21-14(11-25-12)9-22-8-13(18)5-15(22)6-20-17(23)10-24-16-3-2-4-19-7-16/h2-4,7,11,13,15H,5-6,8-10H2,1H3,(H,20,23)/t13-,15-/m0/s1. The maximum absolute atomic E-state index is 13.8. The van der Waals surface area contributed by atoms with E-state index < -0.39 is 6.17 Å². The van der Waals surface area contributed by atoms with Gasteiger partial charge in [-0.15, -0.1) is 11.3 Å². The fourth-order valence-electron chi connectivity index (χ4n) is 2.88. The number of aromatic nitrogens is 2. The summed E-state index contributed by atoms with van der Waals surface area (Å²) in [6.45, 7) is 3.26. The van der Waals surface area contributed by atoms with Gasteiger partial charge in [0.05, 0.1) is 16.9 Å². The highest BCUT2D eigenvalue weighted by atomic mass is 32.1. The molecule has 1 amide bonds. The number of thiazole rings is 1. The lowest BCUT2D eigenvalue weighted by Crippen LogP contribution is -2.41. The van der Waals surface area contributed by atoms with Crippen molar-refractivity contribution in [3.8, 4) is 5.75 Å². The molecule has 25 heavy (non-hydrogen) atoms. The average Bonchev–Trinajstić information content (AvgIpc) is 3.17. The molecule has 3 heterocycles. The number of rotatable bonds is 7. The molecule has 0 saturated carbocycles. The van der Waals surface area contributed by atoms with E-state index in [4.69, 9.17) is 4.74 Å². The van der Waals surface area contributed by atoms with E-state index in [1.165, 1.54) is 0 Å². The molecule has 0 unspecified atom stereocenters. The van der Waals surface area contributed by atoms with Gasteiger partial charge in [-0.1, -0.05) is 0 Å². The summed E-state index contributed by atoms with van der Waals surface area (Å²) in [6.07, 6.45) is 2.74. The topological polar surface area (TPSA) is 67.4 Å². The second-order valence-electron chi connectivity index (χ2n) is 6.06. The Labute approximate surface area is 150 Å². The molecule has 3 rings (SSSR count). The number of carbonyl (C=O) groups excluding carboxylic acids is 1. The third-order valence-corrected chi connectivity index (χ3v) is 4.87. The van der Waals surface area contributed by atoms with E-state index in [0.29, 0.717) is 31.8 Å². The summed E-state index contributed by atoms with van der Waals surface area (Å²) < 4.78 is 19.2. The predicted octanol–water partition coefficient (Wildman–Crippen LogP) is 1.95. The van der Waals surface area contributed by atoms with Crippen LogP contribution in [0.15, 0.2) is 29.9 Å². The number of amides is 1. The summed E-state index contributed by atoms with van der Waals surface area (Å²) in [5.74, 6) is 0.318. The maximum atomic E-state index is 13.8. The van der Waals surface area contributed by atoms with Gasteiger partial charge in [0.15, 0.2) is 6.61 Å². The van der Waals surface area contributed by atoms with Gasteiger partial charge in [-0.05, 0) is 25.5 Å². The number of hydrogen-bond acceptors (Lipinski definition) is 6. The zero-order chi connectivity index (χ0) is 17.6. The van der Waals surface area contributed by atoms with Crippen molar-refractivity contribution in [3.05, 3.63) is 40.6 Å². The number of likely N-dealkylation sites (tertiary alicyclic amines) is 1. The van der Waals surface area contributed by atoms with E-state index in [1.54, 1.807) is 35.9 Å². The third-order valence-electron chi connectivity index (χ3n) is 4.05. The van der Waals surface area contributed by atoms with Gasteiger partial charge in [0, 0.05) is 37.3 Å². The van der Waals surface area contributed by atoms with Crippen molar-refractivity contribution in [2.75, 3.05) is 19.7 Å². The molecule has 6 nitrogen and oxygen atoms in total. The molecule has 2 atom stereocenters. The van der Waals surface area contributed by atoms with Crippen molar-refractivity contribution in [1.29, 1.82) is 0 Å². The normalized spacial score (nSPS) is 20.6. The smallest absolute Gasteiger partial charge is 0.257 e. The number of pyridine rings is 1. The van der Waals surface area contributed by atoms with E-state index in [0.717, 1.165) is 10.7 Å². The summed E-state index contributed by atoms with van der Waals surface area (Å²) in [5, 5.41) is 5.83. The minimum atomic E-state index is -0.867. The Balaban J connectivity index is 1.46. The van der Waals surface area contributed by atoms with Gasteiger partial charge in [0.1, 0.15) is 11.9 Å². The highest BCUT2D eigenvalue weighted by molar-refractivity contribution is 7.09. The number of hydrogen-bond donors (Lipinski definition) is 1. The van der Waals surface area contributed by atoms with Gasteiger partial charge >= 0.3 is 0 Å². The van der Waals surface area contributed by atoms with Crippen LogP contribution >= 0.6 is 11.3 Å². The lowest BCUT2D eigenvalue weighted by Gasteiger charge is -2.23. The summed E-state index contributed by atoms with van der Waals surface area (Å²) in [5.41, 5.74) is 0.952. The maximum Gasteiger partial charge on any atom is 0.257 e. The number of alkyl halides is 1. The Morgan fingerprint density at radius 2 is 2.44 bits per heavy atom. The van der Waals surface area contributed by atoms with Crippen molar-refractivity contribution in [1.82, 2.24) is 20.2 Å². The average molecular weight is 364 g/mol. The molecule has 2 aromatic heterocycles. The van der Waals surface area contributed by atoms with Crippen LogP contribution in [-0.4, -0.2) is 52.7 Å². The molecule has 1 fully saturated rings. The molecule has 0 aliphatic carbocycles. The molecule has 2 aromatic rings. The molecule has 1 saturated heterocycles. The second-order valence-corrected chi connectivity index (χ2v) is 7.12. The highest BCUT2D eigenvalue weighted by Gasteiger charge is 2.32. The molecule has 0 aromatic carbocycles. The van der Waals surface area contributed by atoms with Crippen molar-refractivity contribution in [2.45, 2.75) is 32.1 Å². The van der Waals surface area contributed by atoms with Crippen molar-refractivity contribution < 1.29 is 13.9 Å². The lowest BCUT2D eigenvalue weighted by atomic mass is 10.2. The number of halogens is 1. The Kier molecular flexibility index (Phi) is 5.93. The molecule has 1 N–H and O–H groups in total. The zero-order valence-electron chi connectivity index (χ0n) is 14.0. The van der Waals surface area contributed by atoms with Crippen molar-refractivity contribution >= 4 is 17.2 Å². The van der Waals surface area contributed by atoms with E-state index in [-0.39, 0.29) is 18.6 Å². The number of aryl methyl sites for hydroxylation is 1. The van der Waals surface area contributed by atoms with Gasteiger partial charge in [-0.3, -0.25) is 14.7 Å². The molecule has 1 aliphatic rings. The number of ether oxygens (including phenoxy) is 1. The zero-order valence-corrected chi connectivity index (χ0v) is 14.8. The largest absolute Gasteiger partial charge is 0.482 e. The van der Waals surface area contributed by atoms with E-state index in [1.807, 2.05) is 17.2 Å². The number of nitrogens with one attached hydrogen (secondary N) is 1. The van der Waals surface area contributed by atoms with Crippen molar-refractivity contribution in [2.24, 2.45) is 0 Å². The second kappa shape index (κ2) is 8.35. The molecule has 0 bridgehead atoms. The Bertz CT molecular complexity index is 697. The van der Waals surface area contributed by atoms with Gasteiger partial charge in [-0.25, -0.2) is 9.37 Å². The minimum Gasteiger partial charge on any atom is -0.482 e. The first-order valence-electron chi connectivity index (χ1n) is 8.19. The molecule has 0 radical (unpaired) electrons. The van der Waals surface area contributed by atoms with Crippen LogP contribution in [0.2, 0.25) is 0 Å². The SMILES string of the molecule is Cc1nc(CN2C[C@@H](F)C[C@H]2CNC(=O)COc2cccnc2)cs1. The van der Waals surface area contributed by atoms with Crippen molar-refractivity contribution in [3.63, 3.8) is 0 Å². The Morgan fingerprint density at radius 1 is 1.56 bits per heavy atom. The van der Waals surface area contributed by atoms with Gasteiger partial charge in [0.25, 0.3) is 5.91 Å². The summed E-state index contributed by atoms with van der Waals surface area (Å²) >= 11 is 1.59. The predicted molar refractivity (Wildman–Crippen MR) is 93.3 cm³/mol. The molecular weight excluding hydrogens is 343 g/mol. The summed E-state index contributed by atoms with van der Waals surface area (Å²) in [4.78, 5) is 22.3. The van der Waals surface area contributed by atoms with Crippen LogP contribution in [0.3, 0.4) is 0 Å². The van der Waals surface area contributed by atoms with Crippen LogP contribution in [0.25, 0.3) is 0 Å². The van der Waals surface area contributed by atoms with Crippen LogP contribution in [0.4, 0.5) is 4.39 Å². The number of nitrogens with zero attached hydrogens (tertiary/aromatic N) is 3. The monoisotopic (exact) mass is 364 g/mol. The van der Waals surface area contributed by atoms with E-state index >= 15 is 0 Å². The third kappa shape index (κ3) is 5.20. The quantitative estimate of drug-likeness (QED) is 0.813. The molecule has 1 aliphatic heterocycles. The summed E-state index contributed by atoms with van der Waals surface area (Å²) in [6, 6.07) is 3.45. The van der Waals surface area contributed by atoms with Crippen LogP contribution in [-0.2, 0) is 11.3 Å². The first-order valence-corrected chi connectivity index (χ1v) is 9.07. The first kappa shape index (κ1) is 17.8. The van der Waals surface area contributed by atoms with Crippen LogP contribution in [0, 0.1) is 6.92 Å². The fraction of sp³-hybridized carbons (Fsp3) is 0.471. The minimum absolute atomic E-state index is 0.0284. The first-order chi connectivity index (χ1) is 12.1. The van der Waals surface area contributed by atoms with Crippen LogP contribution < -0.4 is 10.1 Å². The Hall–Kier alpha value is -2.06. The highest BCUT2D eigenvalue weighted by Crippen LogP contribution is 2.23.